The van der Waals surface area contributed by atoms with Crippen LogP contribution in [0, 0.1) is 5.92 Å². The molecular formula is C30H38F6N6O5S. The molecular weight excluding hydrogens is 670 g/mol. The molecule has 2 aliphatic rings. The monoisotopic (exact) mass is 708 g/mol. The highest BCUT2D eigenvalue weighted by atomic mass is 32.2. The molecule has 2 fully saturated rings. The van der Waals surface area contributed by atoms with Crippen molar-refractivity contribution < 1.29 is 48.9 Å². The summed E-state index contributed by atoms with van der Waals surface area (Å²) in [5.41, 5.74) is -0.190. The fourth-order valence-electron chi connectivity index (χ4n) is 5.89. The maximum Gasteiger partial charge on any atom is 0.451 e. The molecule has 3 N–H and O–H groups in total. The summed E-state index contributed by atoms with van der Waals surface area (Å²) in [6.45, 7) is 1.09. The topological polar surface area (TPSA) is 145 Å². The minimum absolute atomic E-state index is 0.0187. The summed E-state index contributed by atoms with van der Waals surface area (Å²) in [6, 6.07) is 5.27. The van der Waals surface area contributed by atoms with Crippen molar-refractivity contribution in [1.82, 2.24) is 20.6 Å². The number of halogens is 6. The third-order valence-electron chi connectivity index (χ3n) is 8.43. The molecule has 2 aliphatic heterocycles. The Labute approximate surface area is 274 Å². The highest BCUT2D eigenvalue weighted by Crippen LogP contribution is 2.34. The highest BCUT2D eigenvalue weighted by molar-refractivity contribution is 7.85. The summed E-state index contributed by atoms with van der Waals surface area (Å²) < 4.78 is 110. The van der Waals surface area contributed by atoms with Gasteiger partial charge in [0.05, 0.1) is 11.3 Å². The lowest BCUT2D eigenvalue weighted by Gasteiger charge is -2.34. The Hall–Kier alpha value is -3.67. The van der Waals surface area contributed by atoms with Gasteiger partial charge >= 0.3 is 12.4 Å². The SMILES string of the molecule is O=C(CCCC1CCN(c2cc(N3CCC[C@H]3C(=O)NCCc3ccc(C(F)(F)F)cc3)nc(C(F)(F)F)n2)CC1)NCCS(=O)(=O)O. The van der Waals surface area contributed by atoms with Gasteiger partial charge in [0, 0.05) is 45.2 Å². The highest BCUT2D eigenvalue weighted by Gasteiger charge is 2.39. The van der Waals surface area contributed by atoms with Gasteiger partial charge in [-0.3, -0.25) is 14.1 Å². The number of rotatable bonds is 13. The molecule has 11 nitrogen and oxygen atoms in total. The predicted octanol–water partition coefficient (Wildman–Crippen LogP) is 4.23. The van der Waals surface area contributed by atoms with Crippen molar-refractivity contribution in [2.24, 2.45) is 5.92 Å². The Kier molecular flexibility index (Phi) is 12.1. The van der Waals surface area contributed by atoms with Gasteiger partial charge in [-0.2, -0.15) is 34.8 Å². The number of amides is 2. The molecule has 0 radical (unpaired) electrons. The van der Waals surface area contributed by atoms with Gasteiger partial charge in [-0.1, -0.05) is 12.1 Å². The molecule has 0 saturated carbocycles. The number of piperidine rings is 1. The second kappa shape index (κ2) is 15.7. The lowest BCUT2D eigenvalue weighted by atomic mass is 9.91. The summed E-state index contributed by atoms with van der Waals surface area (Å²) in [5, 5.41) is 5.18. The maximum absolute atomic E-state index is 13.9. The first-order chi connectivity index (χ1) is 22.5. The van der Waals surface area contributed by atoms with Crippen LogP contribution in [0.2, 0.25) is 0 Å². The molecule has 266 valence electrons. The molecule has 4 rings (SSSR count). The zero-order valence-corrected chi connectivity index (χ0v) is 26.8. The van der Waals surface area contributed by atoms with E-state index in [1.165, 1.54) is 23.1 Å². The van der Waals surface area contributed by atoms with Crippen molar-refractivity contribution in [1.29, 1.82) is 0 Å². The van der Waals surface area contributed by atoms with Gasteiger partial charge < -0.3 is 20.4 Å². The lowest BCUT2D eigenvalue weighted by Crippen LogP contribution is -2.44. The van der Waals surface area contributed by atoms with Crippen molar-refractivity contribution in [3.63, 3.8) is 0 Å². The van der Waals surface area contributed by atoms with Crippen molar-refractivity contribution >= 4 is 33.6 Å². The van der Waals surface area contributed by atoms with Gasteiger partial charge in [0.2, 0.25) is 17.6 Å². The van der Waals surface area contributed by atoms with Gasteiger partial charge in [-0.25, -0.2) is 9.97 Å². The van der Waals surface area contributed by atoms with Gasteiger partial charge in [-0.05, 0) is 68.6 Å². The first-order valence-corrected chi connectivity index (χ1v) is 17.2. The van der Waals surface area contributed by atoms with Gasteiger partial charge in [0.25, 0.3) is 10.1 Å². The zero-order valence-electron chi connectivity index (χ0n) is 26.0. The van der Waals surface area contributed by atoms with E-state index in [1.54, 1.807) is 4.90 Å². The largest absolute Gasteiger partial charge is 0.451 e. The third-order valence-corrected chi connectivity index (χ3v) is 9.15. The second-order valence-electron chi connectivity index (χ2n) is 12.0. The predicted molar refractivity (Wildman–Crippen MR) is 164 cm³/mol. The smallest absolute Gasteiger partial charge is 0.356 e. The molecule has 1 aromatic heterocycles. The van der Waals surface area contributed by atoms with Gasteiger partial charge in [-0.15, -0.1) is 0 Å². The molecule has 2 saturated heterocycles. The van der Waals surface area contributed by atoms with Crippen LogP contribution in [0.4, 0.5) is 38.0 Å². The summed E-state index contributed by atoms with van der Waals surface area (Å²) in [4.78, 5) is 35.9. The van der Waals surface area contributed by atoms with E-state index in [0.717, 1.165) is 12.1 Å². The number of hydrogen-bond donors (Lipinski definition) is 3. The quantitative estimate of drug-likeness (QED) is 0.206. The normalized spacial score (nSPS) is 17.9. The Morgan fingerprint density at radius 2 is 1.56 bits per heavy atom. The molecule has 2 amide bonds. The van der Waals surface area contributed by atoms with Crippen LogP contribution in [0.3, 0.4) is 0 Å². The number of anilines is 2. The minimum Gasteiger partial charge on any atom is -0.356 e. The molecule has 1 aromatic carbocycles. The molecule has 2 aromatic rings. The van der Waals surface area contributed by atoms with Crippen molar-refractivity contribution in [3.8, 4) is 0 Å². The Bertz CT molecular complexity index is 1520. The molecule has 18 heteroatoms. The number of hydrogen-bond acceptors (Lipinski definition) is 8. The zero-order chi connectivity index (χ0) is 35.1. The van der Waals surface area contributed by atoms with Crippen LogP contribution in [0.5, 0.6) is 0 Å². The van der Waals surface area contributed by atoms with Crippen LogP contribution in [-0.2, 0) is 38.5 Å². The fraction of sp³-hybridized carbons (Fsp3) is 0.600. The number of carbonyl (C=O) groups excluding carboxylic acids is 2. The first kappa shape index (κ1) is 37.2. The molecule has 48 heavy (non-hydrogen) atoms. The van der Waals surface area contributed by atoms with Crippen LogP contribution in [0.1, 0.15) is 61.9 Å². The Morgan fingerprint density at radius 1 is 0.896 bits per heavy atom. The van der Waals surface area contributed by atoms with E-state index in [2.05, 4.69) is 20.6 Å². The van der Waals surface area contributed by atoms with Crippen LogP contribution < -0.4 is 20.4 Å². The Morgan fingerprint density at radius 3 is 2.19 bits per heavy atom. The average molecular weight is 709 g/mol. The van der Waals surface area contributed by atoms with E-state index in [1.807, 2.05) is 0 Å². The van der Waals surface area contributed by atoms with E-state index in [-0.39, 0.29) is 49.4 Å². The summed E-state index contributed by atoms with van der Waals surface area (Å²) in [6.07, 6.45) is -5.36. The molecule has 3 heterocycles. The maximum atomic E-state index is 13.9. The fourth-order valence-corrected chi connectivity index (χ4v) is 6.25. The number of carbonyl (C=O) groups is 2. The third kappa shape index (κ3) is 10.9. The van der Waals surface area contributed by atoms with Crippen molar-refractivity contribution in [3.05, 3.63) is 47.3 Å². The average Bonchev–Trinajstić information content (AvgIpc) is 3.50. The van der Waals surface area contributed by atoms with Crippen LogP contribution in [-0.4, -0.2) is 79.3 Å². The summed E-state index contributed by atoms with van der Waals surface area (Å²) >= 11 is 0. The van der Waals surface area contributed by atoms with E-state index >= 15 is 0 Å². The molecule has 0 bridgehead atoms. The van der Waals surface area contributed by atoms with Crippen molar-refractivity contribution in [2.75, 3.05) is 48.3 Å². The van der Waals surface area contributed by atoms with E-state index in [4.69, 9.17) is 4.55 Å². The minimum atomic E-state index is -4.83. The number of alkyl halides is 6. The summed E-state index contributed by atoms with van der Waals surface area (Å²) in [7, 11) is -4.16. The first-order valence-electron chi connectivity index (χ1n) is 15.6. The van der Waals surface area contributed by atoms with E-state index < -0.39 is 51.6 Å². The molecule has 0 unspecified atom stereocenters. The molecule has 0 spiro atoms. The second-order valence-corrected chi connectivity index (χ2v) is 13.5. The molecule has 1 atom stereocenters. The van der Waals surface area contributed by atoms with Crippen LogP contribution in [0.25, 0.3) is 0 Å². The van der Waals surface area contributed by atoms with Gasteiger partial charge in [0.1, 0.15) is 17.7 Å². The van der Waals surface area contributed by atoms with E-state index in [0.29, 0.717) is 63.7 Å². The number of nitrogens with one attached hydrogen (secondary N) is 2. The number of benzene rings is 1. The Balaban J connectivity index is 1.33. The van der Waals surface area contributed by atoms with Crippen molar-refractivity contribution in [2.45, 2.75) is 69.8 Å². The van der Waals surface area contributed by atoms with E-state index in [9.17, 15) is 44.3 Å². The summed E-state index contributed by atoms with van der Waals surface area (Å²) in [5.74, 6) is -2.33. The lowest BCUT2D eigenvalue weighted by molar-refractivity contribution is -0.144. The number of aromatic nitrogens is 2. The van der Waals surface area contributed by atoms with Crippen LogP contribution >= 0.6 is 0 Å². The van der Waals surface area contributed by atoms with Gasteiger partial charge in [0.15, 0.2) is 0 Å². The number of nitrogens with zero attached hydrogens (tertiary/aromatic N) is 4. The standard InChI is InChI=1S/C30H38F6N6O5S/c31-29(32,33)22-8-6-21(7-9-22)10-13-38-27(44)23-4-2-15-42(23)25-19-24(39-28(40-25)30(34,35)36)41-16-11-20(12-17-41)3-1-5-26(43)37-14-18-48(45,46)47/h6-9,19-20,23H,1-5,10-18H2,(H,37,43)(H,38,44)(H,45,46,47)/t23-/m0/s1. The molecule has 0 aliphatic carbocycles. The van der Waals surface area contributed by atoms with Crippen LogP contribution in [0.15, 0.2) is 30.3 Å².